The van der Waals surface area contributed by atoms with Crippen LogP contribution in [-0.4, -0.2) is 28.9 Å². The molecule has 0 heterocycles. The first kappa shape index (κ1) is 18.3. The van der Waals surface area contributed by atoms with Crippen molar-refractivity contribution >= 4 is 49.7 Å². The Morgan fingerprint density at radius 3 is 2.54 bits per heavy atom. The number of phenolic OH excluding ortho intramolecular Hbond substituents is 2. The smallest absolute Gasteiger partial charge is 0.259 e. The minimum Gasteiger partial charge on any atom is -0.503 e. The van der Waals surface area contributed by atoms with Gasteiger partial charge in [0.15, 0.2) is 11.5 Å². The van der Waals surface area contributed by atoms with E-state index in [4.69, 9.17) is 0 Å². The highest BCUT2D eigenvalue weighted by molar-refractivity contribution is 9.11. The molecule has 0 aromatic heterocycles. The summed E-state index contributed by atoms with van der Waals surface area (Å²) in [5.41, 5.74) is 4.86. The van der Waals surface area contributed by atoms with Crippen molar-refractivity contribution in [1.29, 1.82) is 0 Å². The van der Waals surface area contributed by atoms with Gasteiger partial charge in [0.1, 0.15) is 0 Å². The Bertz CT molecular complexity index is 777. The molecule has 24 heavy (non-hydrogen) atoms. The van der Waals surface area contributed by atoms with Crippen LogP contribution < -0.4 is 10.7 Å². The van der Waals surface area contributed by atoms with Gasteiger partial charge in [-0.05, 0) is 57.0 Å². The molecule has 2 rings (SSSR count). The highest BCUT2D eigenvalue weighted by Crippen LogP contribution is 2.40. The number of rotatable bonds is 5. The number of aromatic hydroxyl groups is 2. The fourth-order valence-electron chi connectivity index (χ4n) is 1.78. The van der Waals surface area contributed by atoms with Crippen molar-refractivity contribution in [3.8, 4) is 11.5 Å². The van der Waals surface area contributed by atoms with Gasteiger partial charge < -0.3 is 15.5 Å². The summed E-state index contributed by atoms with van der Waals surface area (Å²) in [6, 6.07) is 9.23. The first-order chi connectivity index (χ1) is 11.4. The number of carbonyl (C=O) groups is 1. The third-order valence-corrected chi connectivity index (χ3v) is 4.53. The first-order valence-corrected chi connectivity index (χ1v) is 8.49. The van der Waals surface area contributed by atoms with Crippen molar-refractivity contribution in [2.75, 3.05) is 11.9 Å². The molecule has 0 saturated carbocycles. The number of hydrogen-bond donors (Lipinski definition) is 4. The Morgan fingerprint density at radius 1 is 1.21 bits per heavy atom. The van der Waals surface area contributed by atoms with Crippen LogP contribution in [0, 0.1) is 6.92 Å². The molecule has 2 aromatic carbocycles. The standard InChI is InChI=1S/C16H15Br2N3O3/c1-9-2-4-11(5-3-9)19-8-13(22)21-20-7-10-6-12(17)15(23)16(24)14(10)18/h2-7,19,23-24H,8H2,1H3,(H,21,22)/b20-7-. The summed E-state index contributed by atoms with van der Waals surface area (Å²) in [5.74, 6) is -0.895. The van der Waals surface area contributed by atoms with Crippen LogP contribution >= 0.6 is 31.9 Å². The van der Waals surface area contributed by atoms with E-state index < -0.39 is 0 Å². The Kier molecular flexibility index (Phi) is 6.22. The molecule has 0 aliphatic rings. The van der Waals surface area contributed by atoms with Gasteiger partial charge in [-0.25, -0.2) is 5.43 Å². The molecular formula is C16H15Br2N3O3. The normalized spacial score (nSPS) is 10.8. The zero-order valence-corrected chi connectivity index (χ0v) is 15.8. The lowest BCUT2D eigenvalue weighted by atomic mass is 10.2. The van der Waals surface area contributed by atoms with E-state index in [2.05, 4.69) is 47.7 Å². The van der Waals surface area contributed by atoms with Gasteiger partial charge in [0, 0.05) is 11.3 Å². The first-order valence-electron chi connectivity index (χ1n) is 6.91. The minimum atomic E-state index is -0.315. The highest BCUT2D eigenvalue weighted by atomic mass is 79.9. The predicted molar refractivity (Wildman–Crippen MR) is 101 cm³/mol. The van der Waals surface area contributed by atoms with E-state index in [1.165, 1.54) is 6.21 Å². The van der Waals surface area contributed by atoms with Crippen LogP contribution in [0.2, 0.25) is 0 Å². The number of halogens is 2. The number of nitrogens with zero attached hydrogens (tertiary/aromatic N) is 1. The lowest BCUT2D eigenvalue weighted by molar-refractivity contribution is -0.119. The zero-order chi connectivity index (χ0) is 17.7. The zero-order valence-electron chi connectivity index (χ0n) is 12.7. The molecule has 0 saturated heterocycles. The molecule has 0 spiro atoms. The van der Waals surface area contributed by atoms with Crippen molar-refractivity contribution in [3.63, 3.8) is 0 Å². The second kappa shape index (κ2) is 8.16. The van der Waals surface area contributed by atoms with Gasteiger partial charge in [-0.1, -0.05) is 17.7 Å². The van der Waals surface area contributed by atoms with Gasteiger partial charge in [0.25, 0.3) is 5.91 Å². The second-order valence-electron chi connectivity index (χ2n) is 4.97. The molecule has 6 nitrogen and oxygen atoms in total. The molecule has 0 atom stereocenters. The van der Waals surface area contributed by atoms with Gasteiger partial charge in [-0.15, -0.1) is 0 Å². The molecule has 1 amide bonds. The molecule has 8 heteroatoms. The van der Waals surface area contributed by atoms with Crippen molar-refractivity contribution in [3.05, 3.63) is 50.4 Å². The maximum atomic E-state index is 11.7. The van der Waals surface area contributed by atoms with Crippen LogP contribution in [0.15, 0.2) is 44.4 Å². The number of hydrogen-bond acceptors (Lipinski definition) is 5. The van der Waals surface area contributed by atoms with Gasteiger partial charge >= 0.3 is 0 Å². The van der Waals surface area contributed by atoms with E-state index in [0.29, 0.717) is 10.0 Å². The number of amides is 1. The summed E-state index contributed by atoms with van der Waals surface area (Å²) in [7, 11) is 0. The van der Waals surface area contributed by atoms with Gasteiger partial charge in [0.05, 0.1) is 21.7 Å². The van der Waals surface area contributed by atoms with Crippen LogP contribution in [0.3, 0.4) is 0 Å². The van der Waals surface area contributed by atoms with E-state index in [-0.39, 0.29) is 28.4 Å². The summed E-state index contributed by atoms with van der Waals surface area (Å²) in [6.07, 6.45) is 1.36. The lowest BCUT2D eigenvalue weighted by Gasteiger charge is -2.07. The molecule has 2 aromatic rings. The fraction of sp³-hybridized carbons (Fsp3) is 0.125. The quantitative estimate of drug-likeness (QED) is 0.314. The summed E-state index contributed by atoms with van der Waals surface area (Å²) >= 11 is 6.27. The summed E-state index contributed by atoms with van der Waals surface area (Å²) in [5, 5.41) is 26.1. The number of hydrazone groups is 1. The summed E-state index contributed by atoms with van der Waals surface area (Å²) < 4.78 is 0.594. The highest BCUT2D eigenvalue weighted by Gasteiger charge is 2.12. The number of benzene rings is 2. The van der Waals surface area contributed by atoms with Crippen LogP contribution in [-0.2, 0) is 4.79 Å². The molecule has 0 unspecified atom stereocenters. The third kappa shape index (κ3) is 4.72. The monoisotopic (exact) mass is 455 g/mol. The Balaban J connectivity index is 1.92. The van der Waals surface area contributed by atoms with Crippen molar-refractivity contribution in [2.45, 2.75) is 6.92 Å². The molecule has 0 aliphatic heterocycles. The van der Waals surface area contributed by atoms with E-state index >= 15 is 0 Å². The molecule has 4 N–H and O–H groups in total. The molecule has 126 valence electrons. The Morgan fingerprint density at radius 2 is 1.88 bits per heavy atom. The van der Waals surface area contributed by atoms with Crippen molar-refractivity contribution < 1.29 is 15.0 Å². The maximum Gasteiger partial charge on any atom is 0.259 e. The lowest BCUT2D eigenvalue weighted by Crippen LogP contribution is -2.25. The molecule has 0 aliphatic carbocycles. The van der Waals surface area contributed by atoms with Crippen molar-refractivity contribution in [2.24, 2.45) is 5.10 Å². The Labute approximate surface area is 155 Å². The average molecular weight is 457 g/mol. The largest absolute Gasteiger partial charge is 0.503 e. The summed E-state index contributed by atoms with van der Waals surface area (Å²) in [6.45, 7) is 2.06. The van der Waals surface area contributed by atoms with Crippen LogP contribution in [0.4, 0.5) is 5.69 Å². The molecule has 0 fully saturated rings. The molecular weight excluding hydrogens is 442 g/mol. The third-order valence-electron chi connectivity index (χ3n) is 3.09. The van der Waals surface area contributed by atoms with Gasteiger partial charge in [0.2, 0.25) is 0 Å². The van der Waals surface area contributed by atoms with Crippen molar-refractivity contribution in [1.82, 2.24) is 5.43 Å². The maximum absolute atomic E-state index is 11.7. The minimum absolute atomic E-state index is 0.0755. The average Bonchev–Trinajstić information content (AvgIpc) is 2.57. The van der Waals surface area contributed by atoms with E-state index in [9.17, 15) is 15.0 Å². The number of nitrogens with one attached hydrogen (secondary N) is 2. The number of carbonyl (C=O) groups excluding carboxylic acids is 1. The van der Waals surface area contributed by atoms with E-state index in [0.717, 1.165) is 11.3 Å². The number of aryl methyl sites for hydroxylation is 1. The second-order valence-corrected chi connectivity index (χ2v) is 6.62. The fourth-order valence-corrected chi connectivity index (χ4v) is 2.62. The topological polar surface area (TPSA) is 94.0 Å². The van der Waals surface area contributed by atoms with E-state index in [1.807, 2.05) is 31.2 Å². The van der Waals surface area contributed by atoms with Crippen LogP contribution in [0.5, 0.6) is 11.5 Å². The van der Waals surface area contributed by atoms with Gasteiger partial charge in [-0.2, -0.15) is 5.10 Å². The number of anilines is 1. The predicted octanol–water partition coefficient (Wildman–Crippen LogP) is 3.49. The SMILES string of the molecule is Cc1ccc(NCC(=O)N/N=C\c2cc(Br)c(O)c(O)c2Br)cc1. The molecule has 0 bridgehead atoms. The van der Waals surface area contributed by atoms with Gasteiger partial charge in [-0.3, -0.25) is 4.79 Å². The molecule has 0 radical (unpaired) electrons. The van der Waals surface area contributed by atoms with E-state index in [1.54, 1.807) is 6.07 Å². The number of phenols is 2. The summed E-state index contributed by atoms with van der Waals surface area (Å²) in [4.78, 5) is 11.7. The van der Waals surface area contributed by atoms with Crippen LogP contribution in [0.1, 0.15) is 11.1 Å². The Hall–Kier alpha value is -2.06. The van der Waals surface area contributed by atoms with Crippen LogP contribution in [0.25, 0.3) is 0 Å².